The van der Waals surface area contributed by atoms with Crippen LogP contribution in [0.25, 0.3) is 0 Å². The molecule has 116 valence electrons. The fraction of sp³-hybridized carbons (Fsp3) is 0.222. The number of carbonyl (C=O) groups excluding carboxylic acids is 1. The molecule has 0 aliphatic carbocycles. The topological polar surface area (TPSA) is 44.7 Å². The van der Waals surface area contributed by atoms with Gasteiger partial charge in [-0.1, -0.05) is 46.3 Å². The van der Waals surface area contributed by atoms with Crippen LogP contribution in [0.4, 0.5) is 5.69 Å². The molecule has 0 aromatic heterocycles. The molecule has 2 heterocycles. The summed E-state index contributed by atoms with van der Waals surface area (Å²) in [7, 11) is 0. The van der Waals surface area contributed by atoms with Gasteiger partial charge in [-0.05, 0) is 23.8 Å². The van der Waals surface area contributed by atoms with E-state index in [0.717, 1.165) is 28.0 Å². The van der Waals surface area contributed by atoms with Crippen molar-refractivity contribution in [2.45, 2.75) is 12.5 Å². The van der Waals surface area contributed by atoms with E-state index in [0.29, 0.717) is 13.1 Å². The number of aliphatic imine (C=N–C) groups is 1. The van der Waals surface area contributed by atoms with Crippen LogP contribution in [0.1, 0.15) is 23.6 Å². The van der Waals surface area contributed by atoms with Crippen molar-refractivity contribution in [2.24, 2.45) is 4.99 Å². The third-order valence-corrected chi connectivity index (χ3v) is 4.77. The molecule has 0 saturated carbocycles. The molecule has 1 atom stereocenters. The Balaban J connectivity index is 1.90. The average Bonchev–Trinajstić information content (AvgIpc) is 2.74. The van der Waals surface area contributed by atoms with Crippen LogP contribution in [0.15, 0.2) is 58.0 Å². The van der Waals surface area contributed by atoms with Crippen LogP contribution >= 0.6 is 15.9 Å². The van der Waals surface area contributed by atoms with Gasteiger partial charge >= 0.3 is 0 Å². The predicted octanol–water partition coefficient (Wildman–Crippen LogP) is 3.40. The number of amidine groups is 1. The van der Waals surface area contributed by atoms with E-state index in [-0.39, 0.29) is 11.9 Å². The van der Waals surface area contributed by atoms with Crippen LogP contribution < -0.4 is 5.32 Å². The van der Waals surface area contributed by atoms with E-state index in [1.165, 1.54) is 5.56 Å². The van der Waals surface area contributed by atoms with Gasteiger partial charge in [0.25, 0.3) is 0 Å². The Morgan fingerprint density at radius 3 is 2.83 bits per heavy atom. The van der Waals surface area contributed by atoms with Crippen molar-refractivity contribution in [1.82, 2.24) is 10.2 Å². The zero-order chi connectivity index (χ0) is 15.8. The highest BCUT2D eigenvalue weighted by Gasteiger charge is 2.33. The monoisotopic (exact) mass is 369 g/mol. The van der Waals surface area contributed by atoms with Gasteiger partial charge in [-0.25, -0.2) is 4.99 Å². The number of fused-ring (bicyclic) bond motifs is 2. The Bertz CT molecular complexity index is 788. The first kappa shape index (κ1) is 14.5. The van der Waals surface area contributed by atoms with Gasteiger partial charge in [-0.2, -0.15) is 0 Å². The van der Waals surface area contributed by atoms with Crippen LogP contribution in [0.3, 0.4) is 0 Å². The van der Waals surface area contributed by atoms with E-state index in [1.807, 2.05) is 30.3 Å². The molecule has 2 aromatic rings. The van der Waals surface area contributed by atoms with Crippen LogP contribution in [0.2, 0.25) is 0 Å². The second kappa shape index (κ2) is 5.81. The van der Waals surface area contributed by atoms with E-state index >= 15 is 0 Å². The summed E-state index contributed by atoms with van der Waals surface area (Å²) in [6.07, 6.45) is 0.755. The Morgan fingerprint density at radius 1 is 1.17 bits per heavy atom. The SMILES string of the molecule is O=C1CN2C(=Nc3ccc(Br)cc3[C@H]2c2ccccc2)CCN1. The van der Waals surface area contributed by atoms with E-state index in [9.17, 15) is 4.79 Å². The molecule has 0 unspecified atom stereocenters. The summed E-state index contributed by atoms with van der Waals surface area (Å²) in [6, 6.07) is 16.5. The number of nitrogens with one attached hydrogen (secondary N) is 1. The average molecular weight is 370 g/mol. The Morgan fingerprint density at radius 2 is 2.00 bits per heavy atom. The summed E-state index contributed by atoms with van der Waals surface area (Å²) >= 11 is 3.56. The molecular weight excluding hydrogens is 354 g/mol. The van der Waals surface area contributed by atoms with Crippen LogP contribution in [-0.4, -0.2) is 29.7 Å². The van der Waals surface area contributed by atoms with Gasteiger partial charge in [-0.15, -0.1) is 0 Å². The summed E-state index contributed by atoms with van der Waals surface area (Å²) in [5.41, 5.74) is 3.29. The minimum absolute atomic E-state index is 0.0139. The molecule has 1 N–H and O–H groups in total. The van der Waals surface area contributed by atoms with Crippen molar-refractivity contribution < 1.29 is 4.79 Å². The molecule has 2 aliphatic rings. The highest BCUT2D eigenvalue weighted by Crippen LogP contribution is 2.41. The van der Waals surface area contributed by atoms with E-state index in [1.54, 1.807) is 0 Å². The summed E-state index contributed by atoms with van der Waals surface area (Å²) in [6.45, 7) is 0.978. The largest absolute Gasteiger partial charge is 0.354 e. The Hall–Kier alpha value is -2.14. The number of halogens is 1. The zero-order valence-corrected chi connectivity index (χ0v) is 14.1. The van der Waals surface area contributed by atoms with Crippen molar-refractivity contribution >= 4 is 33.4 Å². The molecule has 2 aromatic carbocycles. The third kappa shape index (κ3) is 2.65. The number of rotatable bonds is 1. The van der Waals surface area contributed by atoms with E-state index < -0.39 is 0 Å². The lowest BCUT2D eigenvalue weighted by molar-refractivity contribution is -0.121. The number of benzene rings is 2. The van der Waals surface area contributed by atoms with Gasteiger partial charge in [0.15, 0.2) is 0 Å². The minimum atomic E-state index is 0.0139. The maximum atomic E-state index is 12.1. The molecule has 0 radical (unpaired) electrons. The van der Waals surface area contributed by atoms with Crippen molar-refractivity contribution in [3.8, 4) is 0 Å². The predicted molar refractivity (Wildman–Crippen MR) is 93.9 cm³/mol. The van der Waals surface area contributed by atoms with Crippen molar-refractivity contribution in [3.63, 3.8) is 0 Å². The summed E-state index contributed by atoms with van der Waals surface area (Å²) in [5.74, 6) is 1.03. The highest BCUT2D eigenvalue weighted by molar-refractivity contribution is 9.10. The lowest BCUT2D eigenvalue weighted by Crippen LogP contribution is -2.40. The maximum absolute atomic E-state index is 12.1. The lowest BCUT2D eigenvalue weighted by atomic mass is 9.93. The smallest absolute Gasteiger partial charge is 0.239 e. The van der Waals surface area contributed by atoms with Crippen LogP contribution in [0.5, 0.6) is 0 Å². The van der Waals surface area contributed by atoms with Crippen molar-refractivity contribution in [2.75, 3.05) is 13.1 Å². The molecule has 2 aliphatic heterocycles. The quantitative estimate of drug-likeness (QED) is 0.836. The molecule has 1 saturated heterocycles. The minimum Gasteiger partial charge on any atom is -0.354 e. The maximum Gasteiger partial charge on any atom is 0.239 e. The Labute approximate surface area is 143 Å². The van der Waals surface area contributed by atoms with Gasteiger partial charge in [0.2, 0.25) is 5.91 Å². The van der Waals surface area contributed by atoms with E-state index in [4.69, 9.17) is 4.99 Å². The standard InChI is InChI=1S/C18H16BrN3O/c19-13-6-7-15-14(10-13)18(12-4-2-1-3-5-12)22-11-17(23)20-9-8-16(22)21-15/h1-7,10,18H,8-9,11H2,(H,20,23)/t18-/m1/s1. The van der Waals surface area contributed by atoms with Gasteiger partial charge in [0, 0.05) is 23.0 Å². The number of amides is 1. The number of nitrogens with zero attached hydrogens (tertiary/aromatic N) is 2. The lowest BCUT2D eigenvalue weighted by Gasteiger charge is -2.37. The summed E-state index contributed by atoms with van der Waals surface area (Å²) in [4.78, 5) is 19.0. The number of hydrogen-bond acceptors (Lipinski definition) is 3. The fourth-order valence-electron chi connectivity index (χ4n) is 3.27. The molecule has 1 amide bonds. The molecule has 5 heteroatoms. The molecule has 23 heavy (non-hydrogen) atoms. The van der Waals surface area contributed by atoms with Gasteiger partial charge in [-0.3, -0.25) is 4.79 Å². The highest BCUT2D eigenvalue weighted by atomic mass is 79.9. The second-order valence-electron chi connectivity index (χ2n) is 5.77. The third-order valence-electron chi connectivity index (χ3n) is 4.28. The zero-order valence-electron chi connectivity index (χ0n) is 12.5. The number of carbonyl (C=O) groups is 1. The fourth-order valence-corrected chi connectivity index (χ4v) is 3.65. The first-order chi connectivity index (χ1) is 11.2. The first-order valence-corrected chi connectivity index (χ1v) is 8.47. The molecule has 4 rings (SSSR count). The second-order valence-corrected chi connectivity index (χ2v) is 6.69. The van der Waals surface area contributed by atoms with Crippen molar-refractivity contribution in [3.05, 3.63) is 64.1 Å². The summed E-state index contributed by atoms with van der Waals surface area (Å²) < 4.78 is 1.02. The Kier molecular flexibility index (Phi) is 3.65. The van der Waals surface area contributed by atoms with Gasteiger partial charge < -0.3 is 10.2 Å². The first-order valence-electron chi connectivity index (χ1n) is 7.68. The van der Waals surface area contributed by atoms with Gasteiger partial charge in [0.05, 0.1) is 18.3 Å². The van der Waals surface area contributed by atoms with E-state index in [2.05, 4.69) is 44.3 Å². The summed E-state index contributed by atoms with van der Waals surface area (Å²) in [5, 5.41) is 2.94. The normalized spacial score (nSPS) is 20.0. The molecule has 0 bridgehead atoms. The van der Waals surface area contributed by atoms with Crippen LogP contribution in [-0.2, 0) is 4.79 Å². The van der Waals surface area contributed by atoms with Crippen molar-refractivity contribution in [1.29, 1.82) is 0 Å². The molecule has 0 spiro atoms. The molecule has 1 fully saturated rings. The molecule has 4 nitrogen and oxygen atoms in total. The molecular formula is C18H16BrN3O. The van der Waals surface area contributed by atoms with Crippen LogP contribution in [0, 0.1) is 0 Å². The van der Waals surface area contributed by atoms with Gasteiger partial charge in [0.1, 0.15) is 5.84 Å². The number of hydrogen-bond donors (Lipinski definition) is 1.